The topological polar surface area (TPSA) is 332 Å². The third kappa shape index (κ3) is 10.6. The predicted molar refractivity (Wildman–Crippen MR) is 246 cm³/mol. The Balaban J connectivity index is 1.26. The van der Waals surface area contributed by atoms with Gasteiger partial charge in [0.2, 0.25) is 17.1 Å². The number of aliphatic hydroxyl groups excluding tert-OH is 4. The highest BCUT2D eigenvalue weighted by atomic mass is 16.7. The van der Waals surface area contributed by atoms with Gasteiger partial charge in [-0.05, 0) is 64.1 Å². The minimum absolute atomic E-state index is 0.00703. The van der Waals surface area contributed by atoms with Crippen molar-refractivity contribution in [3.63, 3.8) is 0 Å². The molecular weight excluding hydrogens is 901 g/mol. The van der Waals surface area contributed by atoms with Gasteiger partial charge in [-0.1, -0.05) is 12.2 Å². The summed E-state index contributed by atoms with van der Waals surface area (Å²) in [7, 11) is 2.77. The molecule has 2 aromatic carbocycles. The van der Waals surface area contributed by atoms with Gasteiger partial charge < -0.3 is 74.7 Å². The number of nitrogens with one attached hydrogen (secondary N) is 2. The van der Waals surface area contributed by atoms with Crippen LogP contribution in [0.1, 0.15) is 74.8 Å². The van der Waals surface area contributed by atoms with E-state index < -0.39 is 61.3 Å². The van der Waals surface area contributed by atoms with E-state index in [4.69, 9.17) is 35.2 Å². The third-order valence-corrected chi connectivity index (χ3v) is 11.5. The number of ether oxygens (including phenoxy) is 5. The van der Waals surface area contributed by atoms with E-state index in [9.17, 15) is 34.8 Å². The molecule has 0 aliphatic carbocycles. The minimum Gasteiger partial charge on any atom is -0.494 e. The average molecular weight is 959 g/mol. The van der Waals surface area contributed by atoms with Crippen molar-refractivity contribution in [3.05, 3.63) is 93.7 Å². The van der Waals surface area contributed by atoms with E-state index in [1.54, 1.807) is 74.8 Å². The Morgan fingerprint density at radius 2 is 1.41 bits per heavy atom. The lowest BCUT2D eigenvalue weighted by Gasteiger charge is -2.41. The number of imidazole rings is 2. The van der Waals surface area contributed by atoms with Crippen LogP contribution in [0.4, 0.5) is 0 Å². The molecule has 1 aliphatic rings. The maximum atomic E-state index is 13.9. The molecule has 1 aliphatic heterocycles. The van der Waals surface area contributed by atoms with Crippen LogP contribution in [0.3, 0.4) is 0 Å². The molecule has 1 saturated heterocycles. The molecule has 24 heteroatoms. The number of hydrogen-bond acceptors (Lipinski definition) is 15. The Morgan fingerprint density at radius 1 is 0.841 bits per heavy atom. The molecule has 24 nitrogen and oxygen atoms in total. The molecule has 7 rings (SSSR count). The van der Waals surface area contributed by atoms with Gasteiger partial charge >= 0.3 is 0 Å². The van der Waals surface area contributed by atoms with Crippen molar-refractivity contribution in [1.29, 1.82) is 0 Å². The predicted octanol–water partition coefficient (Wildman–Crippen LogP) is 0.337. The fourth-order valence-electron chi connectivity index (χ4n) is 8.17. The number of aryl methyl sites for hydroxylation is 4. The molecule has 370 valence electrons. The number of fused-ring (bicyclic) bond motifs is 2. The SMILES string of the molecule is CCn1nc(C)cc1C(=O)/N=c1/[nH]c2cc(C(N)=O)cc(OC)c2n1C/C=C/Cn1/c(=N/C(=O)c2cc(C)nn2CC)[nH]c2cc(C(N)O)cc(OCCCO[C@@H]3[C@@H](O)[C@@H](OC)O[C@H](CO)[C@H]3O)c21. The summed E-state index contributed by atoms with van der Waals surface area (Å²) in [5, 5.41) is 50.5. The summed E-state index contributed by atoms with van der Waals surface area (Å²) < 4.78 is 35.0. The number of aromatic nitrogens is 8. The Bertz CT molecular complexity index is 2990. The van der Waals surface area contributed by atoms with Crippen LogP contribution in [-0.2, 0) is 40.4 Å². The summed E-state index contributed by atoms with van der Waals surface area (Å²) in [6.07, 6.45) is -3.55. The number of primary amides is 1. The fraction of sp³-hybridized carbons (Fsp3) is 0.444. The number of amides is 3. The summed E-state index contributed by atoms with van der Waals surface area (Å²) in [6.45, 7) is 7.84. The average Bonchev–Trinajstić information content (AvgIpc) is 4.10. The second kappa shape index (κ2) is 21.7. The Morgan fingerprint density at radius 3 is 1.91 bits per heavy atom. The zero-order valence-electron chi connectivity index (χ0n) is 39.0. The number of carbonyl (C=O) groups excluding carboxylic acids is 3. The van der Waals surface area contributed by atoms with Gasteiger partial charge in [-0.3, -0.25) is 23.7 Å². The summed E-state index contributed by atoms with van der Waals surface area (Å²) in [5.74, 6) is -1.27. The summed E-state index contributed by atoms with van der Waals surface area (Å²) in [6, 6.07) is 9.51. The van der Waals surface area contributed by atoms with E-state index in [1.165, 1.54) is 20.3 Å². The normalized spacial score (nSPS) is 19.6. The van der Waals surface area contributed by atoms with Crippen LogP contribution in [0.15, 0.2) is 58.5 Å². The van der Waals surface area contributed by atoms with Crippen LogP contribution >= 0.6 is 0 Å². The van der Waals surface area contributed by atoms with Crippen molar-refractivity contribution in [1.82, 2.24) is 38.7 Å². The maximum absolute atomic E-state index is 13.9. The number of benzene rings is 2. The lowest BCUT2D eigenvalue weighted by molar-refractivity contribution is -0.301. The Kier molecular flexibility index (Phi) is 15.7. The van der Waals surface area contributed by atoms with Crippen molar-refractivity contribution >= 4 is 39.8 Å². The maximum Gasteiger partial charge on any atom is 0.298 e. The van der Waals surface area contributed by atoms with Gasteiger partial charge in [0.1, 0.15) is 64.6 Å². The van der Waals surface area contributed by atoms with Crippen molar-refractivity contribution in [3.8, 4) is 11.5 Å². The standard InChI is InChI=1S/C45H58N12O12/c1-7-56-29(16-23(3)52-56)41(63)50-44-48-27-18-25(39(46)61)20-31(65-5)34(27)54(44)12-9-10-13-55-35-28(49-45(55)51-42(64)30-17-24(4)53-57(30)8-2)19-26(40(47)62)21-32(35)67-14-11-15-68-38-36(59)33(22-58)69-43(66-6)37(38)60/h9-10,16-21,33,36-38,40,43,58-60,62H,7-8,11-15,22,47H2,1-6H3,(H2,46,61)(H,48,50,63)(H,49,51,64)/b10-9+/t33-,36-,37-,38+,40?,43+/m1/s1. The first-order valence-electron chi connectivity index (χ1n) is 22.2. The van der Waals surface area contributed by atoms with E-state index in [-0.39, 0.29) is 72.2 Å². The summed E-state index contributed by atoms with van der Waals surface area (Å²) in [4.78, 5) is 55.2. The smallest absolute Gasteiger partial charge is 0.298 e. The number of allylic oxidation sites excluding steroid dienone is 2. The second-order valence-corrected chi connectivity index (χ2v) is 16.2. The number of aliphatic hydroxyl groups is 4. The Hall–Kier alpha value is -6.77. The van der Waals surface area contributed by atoms with Gasteiger partial charge in [0.05, 0.1) is 49.4 Å². The van der Waals surface area contributed by atoms with Gasteiger partial charge in [0.15, 0.2) is 6.29 Å². The molecule has 5 heterocycles. The molecule has 1 fully saturated rings. The molecule has 0 bridgehead atoms. The molecule has 69 heavy (non-hydrogen) atoms. The number of H-pyrrole nitrogens is 2. The van der Waals surface area contributed by atoms with Gasteiger partial charge in [-0.15, -0.1) is 0 Å². The highest BCUT2D eigenvalue weighted by molar-refractivity contribution is 5.98. The molecule has 0 radical (unpaired) electrons. The molecule has 4 aromatic heterocycles. The number of carbonyl (C=O) groups is 3. The van der Waals surface area contributed by atoms with Crippen LogP contribution in [0.5, 0.6) is 11.5 Å². The second-order valence-electron chi connectivity index (χ2n) is 16.2. The summed E-state index contributed by atoms with van der Waals surface area (Å²) in [5.41, 5.74) is 15.9. The number of nitrogens with two attached hydrogens (primary N) is 2. The fourth-order valence-corrected chi connectivity index (χ4v) is 8.17. The molecule has 3 amide bonds. The Labute approximate surface area is 394 Å². The highest BCUT2D eigenvalue weighted by Crippen LogP contribution is 2.30. The van der Waals surface area contributed by atoms with Crippen molar-refractivity contribution in [2.75, 3.05) is 34.0 Å². The molecule has 6 aromatic rings. The van der Waals surface area contributed by atoms with Gasteiger partial charge in [0, 0.05) is 50.8 Å². The lowest BCUT2D eigenvalue weighted by Crippen LogP contribution is -2.60. The first-order chi connectivity index (χ1) is 33.1. The molecule has 10 N–H and O–H groups in total. The van der Waals surface area contributed by atoms with Crippen LogP contribution in [0, 0.1) is 13.8 Å². The summed E-state index contributed by atoms with van der Waals surface area (Å²) >= 11 is 0. The molecule has 0 saturated carbocycles. The first-order valence-corrected chi connectivity index (χ1v) is 22.2. The quantitative estimate of drug-likeness (QED) is 0.0308. The first kappa shape index (κ1) is 50.1. The van der Waals surface area contributed by atoms with Crippen molar-refractivity contribution in [2.24, 2.45) is 21.5 Å². The molecule has 1 unspecified atom stereocenters. The molecule has 6 atom stereocenters. The largest absolute Gasteiger partial charge is 0.494 e. The van der Waals surface area contributed by atoms with E-state index >= 15 is 0 Å². The highest BCUT2D eigenvalue weighted by Gasteiger charge is 2.45. The van der Waals surface area contributed by atoms with Crippen molar-refractivity contribution in [2.45, 2.75) is 97.2 Å². The van der Waals surface area contributed by atoms with Crippen LogP contribution in [-0.4, -0.2) is 142 Å². The number of methoxy groups -OCH3 is 2. The monoisotopic (exact) mass is 958 g/mol. The van der Waals surface area contributed by atoms with E-state index in [2.05, 4.69) is 30.2 Å². The third-order valence-electron chi connectivity index (χ3n) is 11.5. The number of hydrogen-bond donors (Lipinski definition) is 8. The minimum atomic E-state index is -1.41. The zero-order chi connectivity index (χ0) is 49.7. The van der Waals surface area contributed by atoms with E-state index in [0.29, 0.717) is 52.3 Å². The number of rotatable bonds is 19. The van der Waals surface area contributed by atoms with Gasteiger partial charge in [-0.2, -0.15) is 20.2 Å². The van der Waals surface area contributed by atoms with Crippen LogP contribution in [0.2, 0.25) is 0 Å². The van der Waals surface area contributed by atoms with Gasteiger partial charge in [-0.25, -0.2) is 0 Å². The van der Waals surface area contributed by atoms with E-state index in [0.717, 1.165) is 0 Å². The number of aromatic amines is 2. The lowest BCUT2D eigenvalue weighted by atomic mass is 9.99. The van der Waals surface area contributed by atoms with Crippen molar-refractivity contribution < 1.29 is 58.5 Å². The van der Waals surface area contributed by atoms with Crippen LogP contribution in [0.25, 0.3) is 22.1 Å². The van der Waals surface area contributed by atoms with Crippen LogP contribution < -0.4 is 32.2 Å². The van der Waals surface area contributed by atoms with Gasteiger partial charge in [0.25, 0.3) is 11.8 Å². The van der Waals surface area contributed by atoms with E-state index in [1.807, 2.05) is 13.8 Å². The molecular formula is C45H58N12O12. The number of nitrogens with zero attached hydrogens (tertiary/aromatic N) is 8. The molecule has 0 spiro atoms. The zero-order valence-corrected chi connectivity index (χ0v) is 39.0.